The Kier molecular flexibility index (Phi) is 5.22. The van der Waals surface area contributed by atoms with Gasteiger partial charge in [0.25, 0.3) is 17.4 Å². The van der Waals surface area contributed by atoms with Crippen molar-refractivity contribution in [3.8, 4) is 5.69 Å². The smallest absolute Gasteiger partial charge is 0.269 e. The largest absolute Gasteiger partial charge is 0.272 e. The molecule has 0 N–H and O–H groups in total. The second-order valence-electron chi connectivity index (χ2n) is 8.15. The molecule has 162 valence electrons. The Bertz CT molecular complexity index is 1290. The minimum atomic E-state index is -0.316. The fourth-order valence-electron chi connectivity index (χ4n) is 4.18. The Morgan fingerprint density at radius 2 is 1.66 bits per heavy atom. The fourth-order valence-corrected chi connectivity index (χ4v) is 6.25. The summed E-state index contributed by atoms with van der Waals surface area (Å²) in [7, 11) is 0. The molecule has 6 nitrogen and oxygen atoms in total. The molecule has 3 heterocycles. The highest BCUT2D eigenvalue weighted by molar-refractivity contribution is 8.00. The predicted molar refractivity (Wildman–Crippen MR) is 126 cm³/mol. The molecule has 32 heavy (non-hydrogen) atoms. The number of thioether (sulfide) groups is 2. The van der Waals surface area contributed by atoms with Crippen LogP contribution in [0.2, 0.25) is 0 Å². The molecule has 2 aliphatic rings. The van der Waals surface area contributed by atoms with Crippen molar-refractivity contribution in [2.75, 3.05) is 5.88 Å². The first kappa shape index (κ1) is 21.0. The van der Waals surface area contributed by atoms with Crippen molar-refractivity contribution in [3.05, 3.63) is 80.8 Å². The predicted octanol–water partition coefficient (Wildman–Crippen LogP) is 4.23. The molecule has 2 aromatic carbocycles. The maximum absolute atomic E-state index is 13.5. The molecule has 1 atom stereocenters. The number of carbonyl (C=O) groups is 2. The monoisotopic (exact) mass is 463 g/mol. The number of fused-ring (bicyclic) bond motifs is 2. The molecule has 0 radical (unpaired) electrons. The van der Waals surface area contributed by atoms with Gasteiger partial charge in [-0.25, -0.2) is 4.98 Å². The topological polar surface area (TPSA) is 72.3 Å². The second-order valence-corrected chi connectivity index (χ2v) is 10.5. The van der Waals surface area contributed by atoms with Crippen LogP contribution in [-0.4, -0.2) is 37.4 Å². The highest BCUT2D eigenvalue weighted by atomic mass is 32.2. The average molecular weight is 464 g/mol. The second kappa shape index (κ2) is 7.94. The lowest BCUT2D eigenvalue weighted by Crippen LogP contribution is -2.30. The molecule has 1 unspecified atom stereocenters. The summed E-state index contributed by atoms with van der Waals surface area (Å²) in [6.45, 7) is 6.06. The van der Waals surface area contributed by atoms with Gasteiger partial charge in [0.2, 0.25) is 0 Å². The van der Waals surface area contributed by atoms with Crippen LogP contribution in [0, 0.1) is 13.8 Å². The Morgan fingerprint density at radius 1 is 1.03 bits per heavy atom. The summed E-state index contributed by atoms with van der Waals surface area (Å²) < 4.78 is 1.62. The third-order valence-corrected chi connectivity index (χ3v) is 7.68. The van der Waals surface area contributed by atoms with Gasteiger partial charge in [-0.15, -0.1) is 11.8 Å². The van der Waals surface area contributed by atoms with Gasteiger partial charge in [-0.1, -0.05) is 36.9 Å². The van der Waals surface area contributed by atoms with Crippen LogP contribution < -0.4 is 5.56 Å². The molecule has 3 aromatic rings. The molecule has 0 saturated heterocycles. The van der Waals surface area contributed by atoms with Gasteiger partial charge in [0.15, 0.2) is 5.16 Å². The van der Waals surface area contributed by atoms with Gasteiger partial charge in [-0.3, -0.25) is 23.9 Å². The summed E-state index contributed by atoms with van der Waals surface area (Å²) in [5.41, 5.74) is 4.35. The van der Waals surface area contributed by atoms with Crippen LogP contribution in [0.15, 0.2) is 57.3 Å². The molecule has 0 bridgehead atoms. The molecule has 2 amide bonds. The highest BCUT2D eigenvalue weighted by Crippen LogP contribution is 2.35. The maximum atomic E-state index is 13.5. The van der Waals surface area contributed by atoms with Gasteiger partial charge in [0, 0.05) is 11.7 Å². The van der Waals surface area contributed by atoms with E-state index >= 15 is 0 Å². The highest BCUT2D eigenvalue weighted by Gasteiger charge is 2.35. The minimum Gasteiger partial charge on any atom is -0.269 e. The first-order valence-electron chi connectivity index (χ1n) is 10.3. The van der Waals surface area contributed by atoms with Crippen LogP contribution in [0.3, 0.4) is 0 Å². The van der Waals surface area contributed by atoms with E-state index in [1.165, 1.54) is 16.7 Å². The van der Waals surface area contributed by atoms with Crippen molar-refractivity contribution in [3.63, 3.8) is 0 Å². The van der Waals surface area contributed by atoms with Crippen LogP contribution in [-0.2, 0) is 6.42 Å². The van der Waals surface area contributed by atoms with Crippen LogP contribution in [0.5, 0.6) is 0 Å². The van der Waals surface area contributed by atoms with E-state index < -0.39 is 0 Å². The van der Waals surface area contributed by atoms with Crippen molar-refractivity contribution < 1.29 is 9.59 Å². The van der Waals surface area contributed by atoms with Gasteiger partial charge in [-0.2, -0.15) is 0 Å². The first-order chi connectivity index (χ1) is 15.3. The molecule has 5 rings (SSSR count). The van der Waals surface area contributed by atoms with E-state index in [4.69, 9.17) is 4.98 Å². The molecule has 0 saturated carbocycles. The fraction of sp³-hybridized carbons (Fsp3) is 0.250. The summed E-state index contributed by atoms with van der Waals surface area (Å²) in [6, 6.07) is 12.8. The third-order valence-electron chi connectivity index (χ3n) is 5.55. The van der Waals surface area contributed by atoms with E-state index in [0.29, 0.717) is 21.2 Å². The number of aryl methyl sites for hydroxylation is 2. The lowest BCUT2D eigenvalue weighted by Gasteiger charge is -2.17. The van der Waals surface area contributed by atoms with Crippen LogP contribution in [0.25, 0.3) is 5.69 Å². The van der Waals surface area contributed by atoms with Crippen molar-refractivity contribution in [1.82, 2.24) is 14.5 Å². The van der Waals surface area contributed by atoms with Crippen molar-refractivity contribution in [2.45, 2.75) is 42.5 Å². The van der Waals surface area contributed by atoms with Gasteiger partial charge >= 0.3 is 0 Å². The number of amides is 2. The molecular formula is C24H21N3O3S2. The first-order valence-corrected chi connectivity index (χ1v) is 12.2. The van der Waals surface area contributed by atoms with Crippen molar-refractivity contribution in [1.29, 1.82) is 0 Å². The molecule has 8 heteroatoms. The zero-order chi connectivity index (χ0) is 22.6. The number of hydrogen-bond acceptors (Lipinski definition) is 6. The van der Waals surface area contributed by atoms with Gasteiger partial charge in [-0.05, 0) is 49.2 Å². The van der Waals surface area contributed by atoms with Crippen molar-refractivity contribution in [2.24, 2.45) is 0 Å². The number of hydrogen-bond donors (Lipinski definition) is 0. The minimum absolute atomic E-state index is 0.0884. The number of benzene rings is 2. The van der Waals surface area contributed by atoms with Crippen LogP contribution in [0.4, 0.5) is 0 Å². The molecule has 1 aromatic heterocycles. The molecular weight excluding hydrogens is 442 g/mol. The van der Waals surface area contributed by atoms with E-state index in [2.05, 4.69) is 13.0 Å². The summed E-state index contributed by atoms with van der Waals surface area (Å²) in [4.78, 5) is 45.8. The normalized spacial score (nSPS) is 17.1. The molecule has 0 spiro atoms. The third kappa shape index (κ3) is 3.47. The van der Waals surface area contributed by atoms with E-state index in [1.54, 1.807) is 40.6 Å². The Labute approximate surface area is 194 Å². The van der Waals surface area contributed by atoms with Crippen LogP contribution in [0.1, 0.15) is 44.5 Å². The Hall–Kier alpha value is -2.84. The molecule has 2 aliphatic heterocycles. The average Bonchev–Trinajstić information content (AvgIpc) is 3.23. The van der Waals surface area contributed by atoms with Crippen molar-refractivity contribution >= 4 is 35.3 Å². The van der Waals surface area contributed by atoms with E-state index in [9.17, 15) is 14.4 Å². The lowest BCUT2D eigenvalue weighted by molar-refractivity contribution is 0.0684. The number of aromatic nitrogens is 2. The Balaban J connectivity index is 1.55. The summed E-state index contributed by atoms with van der Waals surface area (Å²) in [5.74, 6) is -0.544. The van der Waals surface area contributed by atoms with E-state index in [-0.39, 0.29) is 28.5 Å². The number of imide groups is 1. The van der Waals surface area contributed by atoms with Gasteiger partial charge < -0.3 is 0 Å². The SMILES string of the molecule is Cc1cc(C)cc(-n2c(SCN3C(=O)c4ccccc4C3=O)nc3c(c2=O)SC(C)C3)c1. The van der Waals surface area contributed by atoms with E-state index in [1.807, 2.05) is 26.0 Å². The standard InChI is InChI=1S/C24H21N3O3S2/c1-13-8-14(2)10-16(9-13)27-23(30)20-19(11-15(3)32-20)25-24(27)31-12-26-21(28)17-6-4-5-7-18(17)22(26)29/h4-10,15H,11-12H2,1-3H3. The maximum Gasteiger partial charge on any atom is 0.272 e. The summed E-state index contributed by atoms with van der Waals surface area (Å²) >= 11 is 2.79. The number of rotatable bonds is 4. The van der Waals surface area contributed by atoms with Crippen LogP contribution >= 0.6 is 23.5 Å². The molecule has 0 fully saturated rings. The summed E-state index contributed by atoms with van der Waals surface area (Å²) in [6.07, 6.45) is 0.726. The van der Waals surface area contributed by atoms with Gasteiger partial charge in [0.05, 0.1) is 33.3 Å². The van der Waals surface area contributed by atoms with Gasteiger partial charge in [0.1, 0.15) is 0 Å². The van der Waals surface area contributed by atoms with E-state index in [0.717, 1.165) is 28.9 Å². The zero-order valence-electron chi connectivity index (χ0n) is 17.9. The number of carbonyl (C=O) groups excluding carboxylic acids is 2. The quantitative estimate of drug-likeness (QED) is 0.328. The summed E-state index contributed by atoms with van der Waals surface area (Å²) in [5, 5.41) is 0.777. The zero-order valence-corrected chi connectivity index (χ0v) is 19.5. The number of nitrogens with zero attached hydrogens (tertiary/aromatic N) is 3. The Morgan fingerprint density at radius 3 is 2.28 bits per heavy atom. The molecule has 0 aliphatic carbocycles. The lowest BCUT2D eigenvalue weighted by atomic mass is 10.1.